The number of nitrogens with zero attached hydrogens (tertiary/aromatic N) is 1. The molecule has 23 heavy (non-hydrogen) atoms. The van der Waals surface area contributed by atoms with Gasteiger partial charge in [0.25, 0.3) is 5.91 Å². The van der Waals surface area contributed by atoms with Gasteiger partial charge in [-0.15, -0.1) is 0 Å². The Hall–Kier alpha value is -2.34. The predicted octanol–water partition coefficient (Wildman–Crippen LogP) is 3.62. The lowest BCUT2D eigenvalue weighted by atomic mass is 10.2. The number of benzene rings is 2. The summed E-state index contributed by atoms with van der Waals surface area (Å²) >= 11 is 3.33. The molecule has 0 aliphatic heterocycles. The number of halogens is 1. The number of amides is 1. The molecule has 0 saturated heterocycles. The Labute approximate surface area is 143 Å². The summed E-state index contributed by atoms with van der Waals surface area (Å²) < 4.78 is 11.4. The minimum atomic E-state index is -0.293. The fourth-order valence-electron chi connectivity index (χ4n) is 1.92. The first-order valence-electron chi connectivity index (χ1n) is 7.04. The predicted molar refractivity (Wildman–Crippen MR) is 93.4 cm³/mol. The Morgan fingerprint density at radius 3 is 2.78 bits per heavy atom. The van der Waals surface area contributed by atoms with Crippen LogP contribution in [0.25, 0.3) is 0 Å². The van der Waals surface area contributed by atoms with Crippen LogP contribution in [0.5, 0.6) is 11.5 Å². The Bertz CT molecular complexity index is 717. The normalized spacial score (nSPS) is 10.6. The topological polar surface area (TPSA) is 59.9 Å². The highest BCUT2D eigenvalue weighted by molar-refractivity contribution is 9.10. The van der Waals surface area contributed by atoms with Crippen LogP contribution in [0.3, 0.4) is 0 Å². The Kier molecular flexibility index (Phi) is 6.17. The fraction of sp³-hybridized carbons (Fsp3) is 0.176. The van der Waals surface area contributed by atoms with Gasteiger partial charge in [0, 0.05) is 16.1 Å². The van der Waals surface area contributed by atoms with Crippen molar-refractivity contribution in [1.82, 2.24) is 5.43 Å². The monoisotopic (exact) mass is 376 g/mol. The molecule has 0 aliphatic carbocycles. The maximum Gasteiger partial charge on any atom is 0.272 e. The first kappa shape index (κ1) is 17.0. The van der Waals surface area contributed by atoms with Crippen molar-refractivity contribution in [2.45, 2.75) is 6.92 Å². The van der Waals surface area contributed by atoms with Gasteiger partial charge in [0.1, 0.15) is 11.5 Å². The van der Waals surface area contributed by atoms with Gasteiger partial charge in [0.05, 0.1) is 25.5 Å². The summed E-state index contributed by atoms with van der Waals surface area (Å²) in [4.78, 5) is 12.0. The van der Waals surface area contributed by atoms with E-state index in [1.54, 1.807) is 31.4 Å². The van der Waals surface area contributed by atoms with Gasteiger partial charge in [-0.2, -0.15) is 5.10 Å². The third-order valence-electron chi connectivity index (χ3n) is 3.00. The van der Waals surface area contributed by atoms with Gasteiger partial charge in [0.2, 0.25) is 0 Å². The summed E-state index contributed by atoms with van der Waals surface area (Å²) in [6.45, 7) is 2.50. The van der Waals surface area contributed by atoms with Crippen LogP contribution < -0.4 is 14.9 Å². The fourth-order valence-corrected chi connectivity index (χ4v) is 2.39. The van der Waals surface area contributed by atoms with Crippen LogP contribution in [-0.4, -0.2) is 25.8 Å². The van der Waals surface area contributed by atoms with Crippen molar-refractivity contribution in [3.05, 3.63) is 58.1 Å². The zero-order chi connectivity index (χ0) is 16.7. The second kappa shape index (κ2) is 8.33. The molecule has 0 unspecified atom stereocenters. The van der Waals surface area contributed by atoms with E-state index in [0.29, 0.717) is 22.4 Å². The molecular weight excluding hydrogens is 360 g/mol. The van der Waals surface area contributed by atoms with Crippen LogP contribution in [0.1, 0.15) is 22.8 Å². The molecule has 0 radical (unpaired) electrons. The zero-order valence-corrected chi connectivity index (χ0v) is 14.5. The molecule has 2 aromatic carbocycles. The molecule has 120 valence electrons. The molecular formula is C17H17BrN2O3. The van der Waals surface area contributed by atoms with E-state index in [0.717, 1.165) is 11.3 Å². The standard InChI is InChI=1S/C17H17BrN2O3/c1-3-23-13-9-8-12(16(10-13)22-2)11-19-20-17(21)14-6-4-5-7-15(14)18/h4-11H,3H2,1-2H3,(H,20,21)/b19-11-. The molecule has 6 heteroatoms. The van der Waals surface area contributed by atoms with Gasteiger partial charge in [0.15, 0.2) is 0 Å². The van der Waals surface area contributed by atoms with Crippen LogP contribution in [0.15, 0.2) is 52.0 Å². The Balaban J connectivity index is 2.08. The molecule has 0 aliphatic rings. The van der Waals surface area contributed by atoms with Gasteiger partial charge in [-0.3, -0.25) is 4.79 Å². The lowest BCUT2D eigenvalue weighted by molar-refractivity contribution is 0.0954. The highest BCUT2D eigenvalue weighted by Gasteiger charge is 2.08. The molecule has 2 rings (SSSR count). The molecule has 2 aromatic rings. The number of hydrogen-bond acceptors (Lipinski definition) is 4. The molecule has 5 nitrogen and oxygen atoms in total. The molecule has 0 spiro atoms. The smallest absolute Gasteiger partial charge is 0.272 e. The van der Waals surface area contributed by atoms with Crippen molar-refractivity contribution < 1.29 is 14.3 Å². The number of carbonyl (C=O) groups excluding carboxylic acids is 1. The van der Waals surface area contributed by atoms with Crippen molar-refractivity contribution in [2.75, 3.05) is 13.7 Å². The van der Waals surface area contributed by atoms with Crippen molar-refractivity contribution in [3.63, 3.8) is 0 Å². The average molecular weight is 377 g/mol. The highest BCUT2D eigenvalue weighted by Crippen LogP contribution is 2.23. The second-order valence-corrected chi connectivity index (χ2v) is 5.37. The molecule has 0 saturated carbocycles. The van der Waals surface area contributed by atoms with Crippen LogP contribution in [0.4, 0.5) is 0 Å². The van der Waals surface area contributed by atoms with Crippen molar-refractivity contribution in [1.29, 1.82) is 0 Å². The van der Waals surface area contributed by atoms with E-state index in [1.165, 1.54) is 6.21 Å². The van der Waals surface area contributed by atoms with E-state index < -0.39 is 0 Å². The molecule has 0 heterocycles. The maximum atomic E-state index is 12.0. The number of carbonyl (C=O) groups is 1. The SMILES string of the molecule is CCOc1ccc(/C=N\NC(=O)c2ccccc2Br)c(OC)c1. The second-order valence-electron chi connectivity index (χ2n) is 4.52. The summed E-state index contributed by atoms with van der Waals surface area (Å²) in [7, 11) is 1.57. The summed E-state index contributed by atoms with van der Waals surface area (Å²) in [6.07, 6.45) is 1.53. The highest BCUT2D eigenvalue weighted by atomic mass is 79.9. The van der Waals surface area contributed by atoms with Crippen LogP contribution in [-0.2, 0) is 0 Å². The van der Waals surface area contributed by atoms with Crippen LogP contribution >= 0.6 is 15.9 Å². The number of hydrazone groups is 1. The minimum absolute atomic E-state index is 0.293. The number of methoxy groups -OCH3 is 1. The Morgan fingerprint density at radius 1 is 1.30 bits per heavy atom. The van der Waals surface area contributed by atoms with E-state index in [1.807, 2.05) is 25.1 Å². The zero-order valence-electron chi connectivity index (χ0n) is 12.9. The number of rotatable bonds is 6. The van der Waals surface area contributed by atoms with E-state index in [4.69, 9.17) is 9.47 Å². The molecule has 1 amide bonds. The lowest BCUT2D eigenvalue weighted by Crippen LogP contribution is -2.18. The minimum Gasteiger partial charge on any atom is -0.496 e. The summed E-state index contributed by atoms with van der Waals surface area (Å²) in [5.41, 5.74) is 3.75. The molecule has 0 fully saturated rings. The van der Waals surface area contributed by atoms with E-state index in [9.17, 15) is 4.79 Å². The lowest BCUT2D eigenvalue weighted by Gasteiger charge is -2.08. The molecule has 1 N–H and O–H groups in total. The van der Waals surface area contributed by atoms with Gasteiger partial charge in [-0.25, -0.2) is 5.43 Å². The maximum absolute atomic E-state index is 12.0. The first-order valence-corrected chi connectivity index (χ1v) is 7.83. The summed E-state index contributed by atoms with van der Waals surface area (Å²) in [6, 6.07) is 12.6. The third kappa shape index (κ3) is 4.56. The quantitative estimate of drug-likeness (QED) is 0.618. The first-order chi connectivity index (χ1) is 11.2. The average Bonchev–Trinajstić information content (AvgIpc) is 2.56. The Morgan fingerprint density at radius 2 is 2.09 bits per heavy atom. The van der Waals surface area contributed by atoms with E-state index in [-0.39, 0.29) is 5.91 Å². The molecule has 0 atom stereocenters. The van der Waals surface area contributed by atoms with Gasteiger partial charge < -0.3 is 9.47 Å². The molecule has 0 bridgehead atoms. The van der Waals surface area contributed by atoms with Crippen LogP contribution in [0, 0.1) is 0 Å². The summed E-state index contributed by atoms with van der Waals surface area (Å²) in [5, 5.41) is 3.98. The van der Waals surface area contributed by atoms with E-state index >= 15 is 0 Å². The summed E-state index contributed by atoms with van der Waals surface area (Å²) in [5.74, 6) is 1.05. The van der Waals surface area contributed by atoms with Crippen molar-refractivity contribution >= 4 is 28.1 Å². The van der Waals surface area contributed by atoms with Gasteiger partial charge >= 0.3 is 0 Å². The molecule has 0 aromatic heterocycles. The van der Waals surface area contributed by atoms with Crippen molar-refractivity contribution in [2.24, 2.45) is 5.10 Å². The van der Waals surface area contributed by atoms with Gasteiger partial charge in [-0.1, -0.05) is 12.1 Å². The van der Waals surface area contributed by atoms with Crippen molar-refractivity contribution in [3.8, 4) is 11.5 Å². The largest absolute Gasteiger partial charge is 0.496 e. The third-order valence-corrected chi connectivity index (χ3v) is 3.70. The number of hydrogen-bond donors (Lipinski definition) is 1. The number of ether oxygens (including phenoxy) is 2. The van der Waals surface area contributed by atoms with Gasteiger partial charge in [-0.05, 0) is 47.1 Å². The van der Waals surface area contributed by atoms with Crippen LogP contribution in [0.2, 0.25) is 0 Å². The van der Waals surface area contributed by atoms with E-state index in [2.05, 4.69) is 26.5 Å². The number of nitrogens with one attached hydrogen (secondary N) is 1.